The van der Waals surface area contributed by atoms with Crippen molar-refractivity contribution in [2.75, 3.05) is 12.1 Å². The number of nitrogens with zero attached hydrogens (tertiary/aromatic N) is 3. The summed E-state index contributed by atoms with van der Waals surface area (Å²) in [5.74, 6) is 0.747. The van der Waals surface area contributed by atoms with Crippen LogP contribution in [-0.4, -0.2) is 23.7 Å². The molecule has 2 heterocycles. The largest absolute Gasteiger partial charge is 0.497 e. The Morgan fingerprint density at radius 1 is 1.12 bits per heavy atom. The molecule has 120 valence electrons. The Balaban J connectivity index is 1.75. The lowest BCUT2D eigenvalue weighted by atomic mass is 10.0. The highest BCUT2D eigenvalue weighted by atomic mass is 32.1. The van der Waals surface area contributed by atoms with Crippen molar-refractivity contribution in [2.45, 2.75) is 12.8 Å². The molecule has 1 aromatic heterocycles. The van der Waals surface area contributed by atoms with Crippen LogP contribution < -0.4 is 9.75 Å². The van der Waals surface area contributed by atoms with E-state index in [1.54, 1.807) is 7.11 Å². The van der Waals surface area contributed by atoms with Crippen molar-refractivity contribution in [1.29, 1.82) is 0 Å². The molecule has 0 radical (unpaired) electrons. The monoisotopic (exact) mass is 337 g/mol. The SMILES string of the molecule is COc1ccc2nc(N3N=C(c4ccccc4)CCC3=O)sc2c1. The number of hydrogen-bond donors (Lipinski definition) is 0. The number of carbonyl (C=O) groups excluding carboxylic acids is 1. The second kappa shape index (κ2) is 6.05. The molecule has 1 aliphatic rings. The van der Waals surface area contributed by atoms with E-state index in [2.05, 4.69) is 10.1 Å². The molecule has 1 amide bonds. The van der Waals surface area contributed by atoms with Crippen LogP contribution in [0.15, 0.2) is 53.6 Å². The van der Waals surface area contributed by atoms with E-state index in [0.717, 1.165) is 27.2 Å². The highest BCUT2D eigenvalue weighted by molar-refractivity contribution is 7.22. The van der Waals surface area contributed by atoms with Gasteiger partial charge in [-0.1, -0.05) is 41.7 Å². The Hall–Kier alpha value is -2.73. The molecule has 0 N–H and O–H groups in total. The molecule has 24 heavy (non-hydrogen) atoms. The van der Waals surface area contributed by atoms with Gasteiger partial charge in [0.2, 0.25) is 11.0 Å². The Labute approximate surface area is 143 Å². The number of methoxy groups -OCH3 is 1. The van der Waals surface area contributed by atoms with Crippen LogP contribution in [-0.2, 0) is 4.79 Å². The first kappa shape index (κ1) is 14.8. The standard InChI is InChI=1S/C18H15N3O2S/c1-23-13-7-8-15-16(11-13)24-18(19-15)21-17(22)10-9-14(20-21)12-5-3-2-4-6-12/h2-8,11H,9-10H2,1H3. The molecule has 0 fully saturated rings. The summed E-state index contributed by atoms with van der Waals surface area (Å²) in [5.41, 5.74) is 2.79. The van der Waals surface area contributed by atoms with Gasteiger partial charge < -0.3 is 4.74 Å². The van der Waals surface area contributed by atoms with Gasteiger partial charge in [-0.15, -0.1) is 0 Å². The van der Waals surface area contributed by atoms with Crippen LogP contribution in [0, 0.1) is 0 Å². The van der Waals surface area contributed by atoms with Gasteiger partial charge in [-0.05, 0) is 23.8 Å². The fourth-order valence-electron chi connectivity index (χ4n) is 2.65. The highest BCUT2D eigenvalue weighted by Gasteiger charge is 2.25. The minimum atomic E-state index is -0.0271. The first-order valence-electron chi connectivity index (χ1n) is 7.65. The number of hydrogen-bond acceptors (Lipinski definition) is 5. The Morgan fingerprint density at radius 2 is 1.96 bits per heavy atom. The van der Waals surface area contributed by atoms with Crippen LogP contribution in [0.4, 0.5) is 5.13 Å². The lowest BCUT2D eigenvalue weighted by molar-refractivity contribution is -0.118. The number of hydrazone groups is 1. The van der Waals surface area contributed by atoms with E-state index >= 15 is 0 Å². The quantitative estimate of drug-likeness (QED) is 0.730. The number of carbonyl (C=O) groups is 1. The molecule has 6 heteroatoms. The summed E-state index contributed by atoms with van der Waals surface area (Å²) in [7, 11) is 1.63. The fraction of sp³-hybridized carbons (Fsp3) is 0.167. The topological polar surface area (TPSA) is 54.8 Å². The molecule has 5 nitrogen and oxygen atoms in total. The Bertz CT molecular complexity index is 934. The van der Waals surface area contributed by atoms with Crippen LogP contribution in [0.2, 0.25) is 0 Å². The number of aromatic nitrogens is 1. The maximum atomic E-state index is 12.3. The number of ether oxygens (including phenoxy) is 1. The van der Waals surface area contributed by atoms with E-state index in [1.807, 2.05) is 48.5 Å². The van der Waals surface area contributed by atoms with Gasteiger partial charge in [0.05, 0.1) is 23.0 Å². The third-order valence-corrected chi connectivity index (χ3v) is 4.90. The summed E-state index contributed by atoms with van der Waals surface area (Å²) >= 11 is 1.44. The van der Waals surface area contributed by atoms with Gasteiger partial charge >= 0.3 is 0 Å². The van der Waals surface area contributed by atoms with Gasteiger partial charge in [-0.25, -0.2) is 4.98 Å². The van der Waals surface area contributed by atoms with Crippen molar-refractivity contribution >= 4 is 38.3 Å². The molecule has 0 spiro atoms. The predicted molar refractivity (Wildman–Crippen MR) is 95.9 cm³/mol. The van der Waals surface area contributed by atoms with E-state index < -0.39 is 0 Å². The molecule has 0 aliphatic carbocycles. The normalized spacial score (nSPS) is 14.8. The molecule has 4 rings (SSSR count). The van der Waals surface area contributed by atoms with Crippen molar-refractivity contribution in [3.05, 3.63) is 54.1 Å². The van der Waals surface area contributed by atoms with Gasteiger partial charge in [0.1, 0.15) is 5.75 Å². The summed E-state index contributed by atoms with van der Waals surface area (Å²) in [4.78, 5) is 16.9. The lowest BCUT2D eigenvalue weighted by Gasteiger charge is -2.21. The van der Waals surface area contributed by atoms with Crippen LogP contribution in [0.25, 0.3) is 10.2 Å². The second-order valence-corrected chi connectivity index (χ2v) is 6.46. The first-order valence-corrected chi connectivity index (χ1v) is 8.47. The van der Waals surface area contributed by atoms with Crippen molar-refractivity contribution in [3.8, 4) is 5.75 Å². The Kier molecular flexibility index (Phi) is 3.74. The summed E-state index contributed by atoms with van der Waals surface area (Å²) in [6.45, 7) is 0. The van der Waals surface area contributed by atoms with Crippen molar-refractivity contribution < 1.29 is 9.53 Å². The number of benzene rings is 2. The minimum Gasteiger partial charge on any atom is -0.497 e. The van der Waals surface area contributed by atoms with E-state index in [-0.39, 0.29) is 5.91 Å². The summed E-state index contributed by atoms with van der Waals surface area (Å²) in [6.07, 6.45) is 1.09. The molecule has 0 saturated carbocycles. The summed E-state index contributed by atoms with van der Waals surface area (Å²) < 4.78 is 6.22. The van der Waals surface area contributed by atoms with Gasteiger partial charge in [-0.2, -0.15) is 10.1 Å². The molecular weight excluding hydrogens is 322 g/mol. The number of thiazole rings is 1. The zero-order valence-electron chi connectivity index (χ0n) is 13.1. The zero-order valence-corrected chi connectivity index (χ0v) is 13.9. The molecule has 0 bridgehead atoms. The third kappa shape index (κ3) is 2.65. The number of fused-ring (bicyclic) bond motifs is 1. The first-order chi connectivity index (χ1) is 11.7. The fourth-order valence-corrected chi connectivity index (χ4v) is 3.61. The minimum absolute atomic E-state index is 0.0271. The van der Waals surface area contributed by atoms with Crippen LogP contribution in [0.3, 0.4) is 0 Å². The maximum absolute atomic E-state index is 12.3. The van der Waals surface area contributed by atoms with Crippen molar-refractivity contribution in [3.63, 3.8) is 0 Å². The Morgan fingerprint density at radius 3 is 2.75 bits per heavy atom. The third-order valence-electron chi connectivity index (χ3n) is 3.91. The smallest absolute Gasteiger partial charge is 0.249 e. The van der Waals surface area contributed by atoms with E-state index in [9.17, 15) is 4.79 Å². The van der Waals surface area contributed by atoms with Gasteiger partial charge in [0.25, 0.3) is 0 Å². The molecule has 2 aromatic carbocycles. The molecule has 0 saturated heterocycles. The van der Waals surface area contributed by atoms with Crippen LogP contribution in [0.1, 0.15) is 18.4 Å². The average molecular weight is 337 g/mol. The maximum Gasteiger partial charge on any atom is 0.249 e. The zero-order chi connectivity index (χ0) is 16.5. The summed E-state index contributed by atoms with van der Waals surface area (Å²) in [6, 6.07) is 15.6. The molecule has 0 atom stereocenters. The van der Waals surface area contributed by atoms with Crippen molar-refractivity contribution in [1.82, 2.24) is 4.98 Å². The second-order valence-electron chi connectivity index (χ2n) is 5.45. The average Bonchev–Trinajstić information content (AvgIpc) is 3.05. The van der Waals surface area contributed by atoms with Crippen molar-refractivity contribution in [2.24, 2.45) is 5.10 Å². The van der Waals surface area contributed by atoms with Crippen LogP contribution in [0.5, 0.6) is 5.75 Å². The molecule has 0 unspecified atom stereocenters. The predicted octanol–water partition coefficient (Wildman–Crippen LogP) is 3.84. The number of amides is 1. The van der Waals surface area contributed by atoms with Gasteiger partial charge in [-0.3, -0.25) is 4.79 Å². The van der Waals surface area contributed by atoms with Crippen LogP contribution >= 0.6 is 11.3 Å². The number of rotatable bonds is 3. The van der Waals surface area contributed by atoms with E-state index in [0.29, 0.717) is 18.0 Å². The van der Waals surface area contributed by atoms with E-state index in [1.165, 1.54) is 16.3 Å². The highest BCUT2D eigenvalue weighted by Crippen LogP contribution is 2.33. The van der Waals surface area contributed by atoms with Gasteiger partial charge in [0.15, 0.2) is 0 Å². The molecular formula is C18H15N3O2S. The molecule has 3 aromatic rings. The lowest BCUT2D eigenvalue weighted by Crippen LogP contribution is -2.31. The van der Waals surface area contributed by atoms with E-state index in [4.69, 9.17) is 4.74 Å². The summed E-state index contributed by atoms with van der Waals surface area (Å²) in [5, 5.41) is 6.59. The van der Waals surface area contributed by atoms with Gasteiger partial charge in [0, 0.05) is 12.8 Å². The molecule has 1 aliphatic heterocycles. The number of anilines is 1.